The summed E-state index contributed by atoms with van der Waals surface area (Å²) in [7, 11) is -3.39. The molecule has 3 aliphatic rings. The molecule has 170 valence electrons. The fourth-order valence-corrected chi connectivity index (χ4v) is 5.59. The third-order valence-corrected chi connectivity index (χ3v) is 7.36. The van der Waals surface area contributed by atoms with Crippen LogP contribution in [0.4, 0.5) is 11.4 Å². The van der Waals surface area contributed by atoms with Gasteiger partial charge in [-0.3, -0.25) is 9.52 Å². The van der Waals surface area contributed by atoms with E-state index in [1.165, 1.54) is 16.8 Å². The first-order chi connectivity index (χ1) is 15.3. The van der Waals surface area contributed by atoms with Crippen molar-refractivity contribution in [2.24, 2.45) is 0 Å². The summed E-state index contributed by atoms with van der Waals surface area (Å²) in [6.45, 7) is 3.85. The number of rotatable bonds is 5. The molecule has 0 amide bonds. The lowest BCUT2D eigenvalue weighted by molar-refractivity contribution is -0.00865. The molecule has 2 N–H and O–H groups in total. The number of carbonyl (C=O) groups excluding carboxylic acids is 1. The van der Waals surface area contributed by atoms with Crippen LogP contribution in [0.25, 0.3) is 0 Å². The molecule has 2 aromatic rings. The lowest BCUT2D eigenvalue weighted by atomic mass is 9.82. The fraction of sp³-hybridized carbons (Fsp3) is 0.458. The van der Waals surface area contributed by atoms with Crippen LogP contribution in [0.1, 0.15) is 40.7 Å². The SMILES string of the molecule is CS(=O)(=O)Nc1ccc2c(c1)C(=O)CC1(CCN(CCc3ccc4c(c3)CCN4)CC1)O2. The molecule has 5 rings (SSSR count). The molecular formula is C24H29N3O4S. The number of ether oxygens (including phenoxy) is 1. The molecule has 7 nitrogen and oxygen atoms in total. The van der Waals surface area contributed by atoms with Crippen molar-refractivity contribution >= 4 is 27.2 Å². The minimum Gasteiger partial charge on any atom is -0.486 e. The van der Waals surface area contributed by atoms with Crippen LogP contribution >= 0.6 is 0 Å². The number of anilines is 2. The highest BCUT2D eigenvalue weighted by atomic mass is 32.2. The molecule has 0 saturated carbocycles. The molecule has 0 atom stereocenters. The Morgan fingerprint density at radius 1 is 1.16 bits per heavy atom. The van der Waals surface area contributed by atoms with Crippen molar-refractivity contribution in [3.05, 3.63) is 53.1 Å². The summed E-state index contributed by atoms with van der Waals surface area (Å²) in [5.74, 6) is 0.573. The predicted molar refractivity (Wildman–Crippen MR) is 125 cm³/mol. The van der Waals surface area contributed by atoms with Crippen molar-refractivity contribution in [2.75, 3.05) is 42.5 Å². The number of ketones is 1. The maximum atomic E-state index is 12.9. The largest absolute Gasteiger partial charge is 0.486 e. The molecule has 3 aliphatic heterocycles. The molecule has 0 aromatic heterocycles. The highest BCUT2D eigenvalue weighted by Crippen LogP contribution is 2.40. The van der Waals surface area contributed by atoms with Gasteiger partial charge in [-0.15, -0.1) is 0 Å². The number of hydrogen-bond acceptors (Lipinski definition) is 6. The first-order valence-corrected chi connectivity index (χ1v) is 13.1. The Hall–Kier alpha value is -2.58. The number of likely N-dealkylation sites (tertiary alicyclic amines) is 1. The predicted octanol–water partition coefficient (Wildman–Crippen LogP) is 3.07. The summed E-state index contributed by atoms with van der Waals surface area (Å²) in [5, 5.41) is 3.41. The average Bonchev–Trinajstić information content (AvgIpc) is 3.21. The molecule has 2 aromatic carbocycles. The molecule has 1 spiro atoms. The average molecular weight is 456 g/mol. The zero-order chi connectivity index (χ0) is 22.3. The van der Waals surface area contributed by atoms with E-state index in [9.17, 15) is 13.2 Å². The van der Waals surface area contributed by atoms with Gasteiger partial charge in [-0.2, -0.15) is 0 Å². The van der Waals surface area contributed by atoms with Crippen molar-refractivity contribution < 1.29 is 17.9 Å². The van der Waals surface area contributed by atoms with Gasteiger partial charge in [-0.25, -0.2) is 8.42 Å². The second-order valence-corrected chi connectivity index (χ2v) is 11.0. The zero-order valence-corrected chi connectivity index (χ0v) is 19.1. The number of benzene rings is 2. The molecule has 1 saturated heterocycles. The Kier molecular flexibility index (Phi) is 5.37. The number of hydrogen-bond donors (Lipinski definition) is 2. The Morgan fingerprint density at radius 2 is 1.97 bits per heavy atom. The number of fused-ring (bicyclic) bond motifs is 2. The van der Waals surface area contributed by atoms with E-state index in [0.717, 1.165) is 58.1 Å². The first kappa shape index (κ1) is 21.3. The maximum absolute atomic E-state index is 12.9. The molecule has 0 aliphatic carbocycles. The number of sulfonamides is 1. The monoisotopic (exact) mass is 455 g/mol. The van der Waals surface area contributed by atoms with Crippen molar-refractivity contribution in [3.8, 4) is 5.75 Å². The van der Waals surface area contributed by atoms with E-state index >= 15 is 0 Å². The van der Waals surface area contributed by atoms with E-state index in [1.807, 2.05) is 0 Å². The molecule has 8 heteroatoms. The summed E-state index contributed by atoms with van der Waals surface area (Å²) in [5.41, 5.74) is 4.46. The van der Waals surface area contributed by atoms with Crippen molar-refractivity contribution in [2.45, 2.75) is 37.7 Å². The number of nitrogens with zero attached hydrogens (tertiary/aromatic N) is 1. The number of Topliss-reactive ketones (excluding diaryl/α,β-unsaturated/α-hetero) is 1. The highest BCUT2D eigenvalue weighted by molar-refractivity contribution is 7.92. The van der Waals surface area contributed by atoms with E-state index in [1.54, 1.807) is 18.2 Å². The van der Waals surface area contributed by atoms with E-state index in [0.29, 0.717) is 23.4 Å². The summed E-state index contributed by atoms with van der Waals surface area (Å²) in [4.78, 5) is 15.3. The molecule has 1 fully saturated rings. The van der Waals surface area contributed by atoms with Crippen LogP contribution in [0.15, 0.2) is 36.4 Å². The molecule has 32 heavy (non-hydrogen) atoms. The Labute approximate surface area is 189 Å². The van der Waals surface area contributed by atoms with Crippen LogP contribution in [-0.2, 0) is 22.9 Å². The molecule has 0 radical (unpaired) electrons. The van der Waals surface area contributed by atoms with Crippen molar-refractivity contribution in [1.82, 2.24) is 4.90 Å². The summed E-state index contributed by atoms with van der Waals surface area (Å²) in [6.07, 6.45) is 5.20. The van der Waals surface area contributed by atoms with Crippen LogP contribution < -0.4 is 14.8 Å². The number of piperidine rings is 1. The Balaban J connectivity index is 1.20. The van der Waals surface area contributed by atoms with Gasteiger partial charge in [0.1, 0.15) is 11.4 Å². The van der Waals surface area contributed by atoms with Gasteiger partial charge < -0.3 is 15.0 Å². The maximum Gasteiger partial charge on any atom is 0.229 e. The minimum atomic E-state index is -3.39. The number of nitrogens with one attached hydrogen (secondary N) is 2. The van der Waals surface area contributed by atoms with Gasteiger partial charge in [0, 0.05) is 50.4 Å². The van der Waals surface area contributed by atoms with Crippen molar-refractivity contribution in [3.63, 3.8) is 0 Å². The van der Waals surface area contributed by atoms with Gasteiger partial charge in [0.05, 0.1) is 18.2 Å². The summed E-state index contributed by atoms with van der Waals surface area (Å²) < 4.78 is 31.7. The van der Waals surface area contributed by atoms with E-state index in [2.05, 4.69) is 33.1 Å². The standard InChI is InChI=1S/C24H29N3O4S/c1-32(29,30)26-19-3-5-23-20(15-19)22(28)16-24(31-23)8-12-27(13-9-24)11-7-17-2-4-21-18(14-17)6-10-25-21/h2-5,14-15,25-26H,6-13,16H2,1H3. The van der Waals surface area contributed by atoms with E-state index < -0.39 is 15.6 Å². The smallest absolute Gasteiger partial charge is 0.229 e. The topological polar surface area (TPSA) is 87.7 Å². The highest BCUT2D eigenvalue weighted by Gasteiger charge is 2.42. The van der Waals surface area contributed by atoms with Gasteiger partial charge in [-0.1, -0.05) is 12.1 Å². The van der Waals surface area contributed by atoms with E-state index in [4.69, 9.17) is 4.74 Å². The Morgan fingerprint density at radius 3 is 2.75 bits per heavy atom. The molecule has 3 heterocycles. The third-order valence-electron chi connectivity index (χ3n) is 6.76. The zero-order valence-electron chi connectivity index (χ0n) is 18.3. The van der Waals surface area contributed by atoms with Crippen LogP contribution in [0, 0.1) is 0 Å². The van der Waals surface area contributed by atoms with Crippen LogP contribution in [0.5, 0.6) is 5.75 Å². The van der Waals surface area contributed by atoms with Crippen LogP contribution in [0.3, 0.4) is 0 Å². The van der Waals surface area contributed by atoms with Crippen LogP contribution in [0.2, 0.25) is 0 Å². The van der Waals surface area contributed by atoms with Gasteiger partial charge in [0.25, 0.3) is 0 Å². The molecule has 0 unspecified atom stereocenters. The lowest BCUT2D eigenvalue weighted by Crippen LogP contribution is -2.51. The lowest BCUT2D eigenvalue weighted by Gasteiger charge is -2.44. The summed E-state index contributed by atoms with van der Waals surface area (Å²) >= 11 is 0. The second-order valence-electron chi connectivity index (χ2n) is 9.23. The molecular weight excluding hydrogens is 426 g/mol. The normalized spacial score (nSPS) is 19.7. The van der Waals surface area contributed by atoms with Gasteiger partial charge >= 0.3 is 0 Å². The van der Waals surface area contributed by atoms with Gasteiger partial charge in [-0.05, 0) is 48.2 Å². The third kappa shape index (κ3) is 4.47. The summed E-state index contributed by atoms with van der Waals surface area (Å²) in [6, 6.07) is 11.7. The van der Waals surface area contributed by atoms with E-state index in [-0.39, 0.29) is 5.78 Å². The van der Waals surface area contributed by atoms with Crippen LogP contribution in [-0.4, -0.2) is 57.1 Å². The fourth-order valence-electron chi connectivity index (χ4n) is 5.04. The first-order valence-electron chi connectivity index (χ1n) is 11.2. The van der Waals surface area contributed by atoms with Gasteiger partial charge in [0.15, 0.2) is 5.78 Å². The quantitative estimate of drug-likeness (QED) is 0.721. The minimum absolute atomic E-state index is 0.0172. The van der Waals surface area contributed by atoms with Gasteiger partial charge in [0.2, 0.25) is 10.0 Å². The Bertz CT molecular complexity index is 1150. The number of carbonyl (C=O) groups is 1. The van der Waals surface area contributed by atoms with Crippen molar-refractivity contribution in [1.29, 1.82) is 0 Å². The second kappa shape index (κ2) is 8.08. The molecule has 0 bridgehead atoms.